The van der Waals surface area contributed by atoms with Gasteiger partial charge in [-0.1, -0.05) is 32.0 Å². The lowest BCUT2D eigenvalue weighted by atomic mass is 9.93. The van der Waals surface area contributed by atoms with Crippen LogP contribution >= 0.6 is 22.6 Å². The number of amides is 1. The second-order valence-corrected chi connectivity index (χ2v) is 6.91. The SMILES string of the molecule is Cc1ccc(C(=O)Nc2cc(C(C)(C)C)on2)cc1I. The Labute approximate surface area is 132 Å². The van der Waals surface area contributed by atoms with Crippen LogP contribution in [0.5, 0.6) is 0 Å². The summed E-state index contributed by atoms with van der Waals surface area (Å²) in [7, 11) is 0. The molecule has 0 atom stereocenters. The molecule has 0 aliphatic carbocycles. The molecule has 0 radical (unpaired) electrons. The molecule has 0 aliphatic rings. The molecule has 2 rings (SSSR count). The first-order valence-electron chi connectivity index (χ1n) is 6.32. The quantitative estimate of drug-likeness (QED) is 0.792. The zero-order chi connectivity index (χ0) is 14.9. The van der Waals surface area contributed by atoms with Crippen LogP contribution in [0.3, 0.4) is 0 Å². The Bertz CT molecular complexity index is 642. The molecule has 0 saturated heterocycles. The Hall–Kier alpha value is -1.37. The summed E-state index contributed by atoms with van der Waals surface area (Å²) in [5.41, 5.74) is 1.63. The Balaban J connectivity index is 2.15. The Morgan fingerprint density at radius 2 is 2.00 bits per heavy atom. The lowest BCUT2D eigenvalue weighted by molar-refractivity contribution is 0.102. The minimum absolute atomic E-state index is 0.130. The molecule has 0 unspecified atom stereocenters. The van der Waals surface area contributed by atoms with E-state index in [-0.39, 0.29) is 11.3 Å². The van der Waals surface area contributed by atoms with Crippen LogP contribution in [0.4, 0.5) is 5.82 Å². The zero-order valence-corrected chi connectivity index (χ0v) is 14.1. The molecule has 2 aromatic rings. The van der Waals surface area contributed by atoms with Gasteiger partial charge in [-0.3, -0.25) is 4.79 Å². The average Bonchev–Trinajstić information content (AvgIpc) is 2.81. The van der Waals surface area contributed by atoms with Crippen molar-refractivity contribution in [3.05, 3.63) is 44.7 Å². The number of halogens is 1. The van der Waals surface area contributed by atoms with E-state index in [4.69, 9.17) is 4.52 Å². The number of rotatable bonds is 2. The van der Waals surface area contributed by atoms with E-state index in [2.05, 4.69) is 33.1 Å². The Kier molecular flexibility index (Phi) is 4.17. The molecular weight excluding hydrogens is 367 g/mol. The lowest BCUT2D eigenvalue weighted by Gasteiger charge is -2.12. The van der Waals surface area contributed by atoms with Crippen molar-refractivity contribution in [2.75, 3.05) is 5.32 Å². The van der Waals surface area contributed by atoms with Crippen LogP contribution < -0.4 is 5.32 Å². The van der Waals surface area contributed by atoms with Gasteiger partial charge < -0.3 is 9.84 Å². The van der Waals surface area contributed by atoms with Crippen LogP contribution in [0.2, 0.25) is 0 Å². The van der Waals surface area contributed by atoms with E-state index in [0.29, 0.717) is 11.4 Å². The largest absolute Gasteiger partial charge is 0.359 e. The van der Waals surface area contributed by atoms with E-state index >= 15 is 0 Å². The number of aromatic nitrogens is 1. The molecule has 0 fully saturated rings. The van der Waals surface area contributed by atoms with Crippen molar-refractivity contribution < 1.29 is 9.32 Å². The van der Waals surface area contributed by atoms with E-state index in [9.17, 15) is 4.79 Å². The summed E-state index contributed by atoms with van der Waals surface area (Å²) in [6.07, 6.45) is 0. The van der Waals surface area contributed by atoms with Crippen LogP contribution in [0.1, 0.15) is 42.5 Å². The summed E-state index contributed by atoms with van der Waals surface area (Å²) < 4.78 is 6.30. The van der Waals surface area contributed by atoms with Gasteiger partial charge in [0.05, 0.1) is 0 Å². The van der Waals surface area contributed by atoms with Crippen molar-refractivity contribution in [1.82, 2.24) is 5.16 Å². The molecule has 20 heavy (non-hydrogen) atoms. The molecule has 5 heteroatoms. The first-order valence-corrected chi connectivity index (χ1v) is 7.40. The van der Waals surface area contributed by atoms with E-state index in [1.165, 1.54) is 0 Å². The third-order valence-corrected chi connectivity index (χ3v) is 4.09. The maximum absolute atomic E-state index is 12.1. The Morgan fingerprint density at radius 1 is 1.30 bits per heavy atom. The van der Waals surface area contributed by atoms with E-state index in [1.54, 1.807) is 12.1 Å². The molecule has 106 valence electrons. The van der Waals surface area contributed by atoms with Crippen molar-refractivity contribution in [3.63, 3.8) is 0 Å². The highest BCUT2D eigenvalue weighted by Crippen LogP contribution is 2.24. The zero-order valence-electron chi connectivity index (χ0n) is 12.0. The first kappa shape index (κ1) is 15.0. The summed E-state index contributed by atoms with van der Waals surface area (Å²) in [5.74, 6) is 0.999. The van der Waals surface area contributed by atoms with Gasteiger partial charge in [-0.25, -0.2) is 0 Å². The minimum Gasteiger partial charge on any atom is -0.359 e. The summed E-state index contributed by atoms with van der Waals surface area (Å²) in [6.45, 7) is 8.10. The van der Waals surface area contributed by atoms with E-state index in [1.807, 2.05) is 39.8 Å². The third-order valence-electron chi connectivity index (χ3n) is 2.92. The van der Waals surface area contributed by atoms with Crippen molar-refractivity contribution in [1.29, 1.82) is 0 Å². The number of nitrogens with zero attached hydrogens (tertiary/aromatic N) is 1. The van der Waals surface area contributed by atoms with Crippen molar-refractivity contribution in [2.45, 2.75) is 33.1 Å². The standard InChI is InChI=1S/C15H17IN2O2/c1-9-5-6-10(7-11(9)16)14(19)17-13-8-12(20-18-13)15(2,3)4/h5-8H,1-4H3,(H,17,18,19). The second-order valence-electron chi connectivity index (χ2n) is 5.74. The van der Waals surface area contributed by atoms with Crippen LogP contribution in [-0.2, 0) is 5.41 Å². The summed E-state index contributed by atoms with van der Waals surface area (Å²) in [4.78, 5) is 12.1. The molecule has 0 spiro atoms. The minimum atomic E-state index is -0.184. The monoisotopic (exact) mass is 384 g/mol. The van der Waals surface area contributed by atoms with Crippen molar-refractivity contribution in [3.8, 4) is 0 Å². The lowest BCUT2D eigenvalue weighted by Crippen LogP contribution is -2.13. The molecule has 1 heterocycles. The smallest absolute Gasteiger partial charge is 0.256 e. The number of benzene rings is 1. The number of aryl methyl sites for hydroxylation is 1. The summed E-state index contributed by atoms with van der Waals surface area (Å²) in [5, 5.41) is 6.63. The predicted octanol–water partition coefficient (Wildman–Crippen LogP) is 4.14. The molecule has 0 bridgehead atoms. The Morgan fingerprint density at radius 3 is 2.55 bits per heavy atom. The van der Waals surface area contributed by atoms with Gasteiger partial charge >= 0.3 is 0 Å². The van der Waals surface area contributed by atoms with Crippen LogP contribution in [0.25, 0.3) is 0 Å². The highest BCUT2D eigenvalue weighted by Gasteiger charge is 2.20. The number of carbonyl (C=O) groups is 1. The van der Waals surface area contributed by atoms with Crippen LogP contribution in [0, 0.1) is 10.5 Å². The fraction of sp³-hybridized carbons (Fsp3) is 0.333. The summed E-state index contributed by atoms with van der Waals surface area (Å²) in [6, 6.07) is 7.35. The van der Waals surface area contributed by atoms with Gasteiger partial charge in [0, 0.05) is 20.6 Å². The van der Waals surface area contributed by atoms with Gasteiger partial charge in [-0.05, 0) is 47.2 Å². The number of anilines is 1. The maximum atomic E-state index is 12.1. The topological polar surface area (TPSA) is 55.1 Å². The molecule has 1 amide bonds. The number of hydrogen-bond acceptors (Lipinski definition) is 3. The predicted molar refractivity (Wildman–Crippen MR) is 87.1 cm³/mol. The summed E-state index contributed by atoms with van der Waals surface area (Å²) >= 11 is 2.21. The molecule has 0 aliphatic heterocycles. The third kappa shape index (κ3) is 3.39. The van der Waals surface area contributed by atoms with Crippen molar-refractivity contribution in [2.24, 2.45) is 0 Å². The normalized spacial score (nSPS) is 11.4. The van der Waals surface area contributed by atoms with Gasteiger partial charge in [-0.15, -0.1) is 0 Å². The highest BCUT2D eigenvalue weighted by molar-refractivity contribution is 14.1. The van der Waals surface area contributed by atoms with Gasteiger partial charge in [-0.2, -0.15) is 0 Å². The highest BCUT2D eigenvalue weighted by atomic mass is 127. The van der Waals surface area contributed by atoms with E-state index in [0.717, 1.165) is 14.9 Å². The molecule has 0 saturated carbocycles. The number of hydrogen-bond donors (Lipinski definition) is 1. The maximum Gasteiger partial charge on any atom is 0.256 e. The first-order chi connectivity index (χ1) is 9.27. The number of nitrogens with one attached hydrogen (secondary N) is 1. The van der Waals surface area contributed by atoms with Crippen LogP contribution in [0.15, 0.2) is 28.8 Å². The van der Waals surface area contributed by atoms with Crippen molar-refractivity contribution >= 4 is 34.3 Å². The number of carbonyl (C=O) groups excluding carboxylic acids is 1. The molecular formula is C15H17IN2O2. The molecule has 1 N–H and O–H groups in total. The van der Waals surface area contributed by atoms with Gasteiger partial charge in [0.2, 0.25) is 0 Å². The van der Waals surface area contributed by atoms with E-state index < -0.39 is 0 Å². The molecule has 4 nitrogen and oxygen atoms in total. The van der Waals surface area contributed by atoms with Crippen LogP contribution in [-0.4, -0.2) is 11.1 Å². The fourth-order valence-electron chi connectivity index (χ4n) is 1.61. The second kappa shape index (κ2) is 5.55. The van der Waals surface area contributed by atoms with Gasteiger partial charge in [0.25, 0.3) is 5.91 Å². The van der Waals surface area contributed by atoms with Gasteiger partial charge in [0.1, 0.15) is 5.76 Å². The fourth-order valence-corrected chi connectivity index (χ4v) is 2.13. The molecule has 1 aromatic heterocycles. The average molecular weight is 384 g/mol. The molecule has 1 aromatic carbocycles. The van der Waals surface area contributed by atoms with Gasteiger partial charge in [0.15, 0.2) is 5.82 Å².